The Hall–Kier alpha value is -0.470. The zero-order valence-electron chi connectivity index (χ0n) is 10.5. The molecule has 106 valence electrons. The number of nitrogens with zero attached hydrogens (tertiary/aromatic N) is 1. The predicted molar refractivity (Wildman–Crippen MR) is 71.8 cm³/mol. The van der Waals surface area contributed by atoms with Crippen molar-refractivity contribution in [3.05, 3.63) is 17.0 Å². The third-order valence-electron chi connectivity index (χ3n) is 3.60. The fourth-order valence-electron chi connectivity index (χ4n) is 2.64. The number of sulfonamides is 1. The number of fused-ring (bicyclic) bond motifs is 2. The molecule has 2 unspecified atom stereocenters. The Balaban J connectivity index is 1.81. The van der Waals surface area contributed by atoms with Gasteiger partial charge in [-0.3, -0.25) is 0 Å². The smallest absolute Gasteiger partial charge is 0.252 e. The van der Waals surface area contributed by atoms with Gasteiger partial charge < -0.3 is 9.84 Å². The molecule has 2 bridgehead atoms. The highest BCUT2D eigenvalue weighted by Crippen LogP contribution is 2.32. The normalized spacial score (nSPS) is 27.8. The van der Waals surface area contributed by atoms with Crippen LogP contribution >= 0.6 is 11.3 Å². The lowest BCUT2D eigenvalue weighted by atomic mass is 10.2. The van der Waals surface area contributed by atoms with E-state index in [9.17, 15) is 8.42 Å². The van der Waals surface area contributed by atoms with Crippen LogP contribution in [-0.2, 0) is 21.2 Å². The fourth-order valence-corrected chi connectivity index (χ4v) is 5.64. The molecule has 0 aromatic carbocycles. The van der Waals surface area contributed by atoms with Crippen LogP contribution in [0.25, 0.3) is 0 Å². The van der Waals surface area contributed by atoms with Gasteiger partial charge in [0.25, 0.3) is 10.0 Å². The van der Waals surface area contributed by atoms with E-state index in [1.165, 1.54) is 11.3 Å². The van der Waals surface area contributed by atoms with Gasteiger partial charge in [0.05, 0.1) is 12.2 Å². The van der Waals surface area contributed by atoms with Crippen molar-refractivity contribution < 1.29 is 18.3 Å². The molecule has 1 N–H and O–H groups in total. The topological polar surface area (TPSA) is 66.8 Å². The van der Waals surface area contributed by atoms with E-state index in [4.69, 9.17) is 9.84 Å². The highest BCUT2D eigenvalue weighted by Gasteiger charge is 2.39. The maximum Gasteiger partial charge on any atom is 0.252 e. The van der Waals surface area contributed by atoms with Gasteiger partial charge in [0.15, 0.2) is 0 Å². The highest BCUT2D eigenvalue weighted by molar-refractivity contribution is 7.91. The molecule has 0 saturated carbocycles. The average Bonchev–Trinajstić information content (AvgIpc) is 2.97. The lowest BCUT2D eigenvalue weighted by molar-refractivity contribution is -0.0114. The molecule has 1 aromatic heterocycles. The third-order valence-corrected chi connectivity index (χ3v) is 7.04. The van der Waals surface area contributed by atoms with E-state index in [1.807, 2.05) is 0 Å². The summed E-state index contributed by atoms with van der Waals surface area (Å²) in [5.41, 5.74) is 0. The minimum Gasteiger partial charge on any atom is -0.396 e. The zero-order valence-corrected chi connectivity index (χ0v) is 12.1. The summed E-state index contributed by atoms with van der Waals surface area (Å²) in [5, 5.41) is 8.89. The van der Waals surface area contributed by atoms with Crippen LogP contribution < -0.4 is 0 Å². The van der Waals surface area contributed by atoms with Gasteiger partial charge in [0, 0.05) is 31.0 Å². The molecule has 0 amide bonds. The summed E-state index contributed by atoms with van der Waals surface area (Å²) in [6.45, 7) is 0.972. The molecule has 2 saturated heterocycles. The van der Waals surface area contributed by atoms with Crippen LogP contribution in [0.15, 0.2) is 16.3 Å². The van der Waals surface area contributed by atoms with E-state index in [-0.39, 0.29) is 18.8 Å². The summed E-state index contributed by atoms with van der Waals surface area (Å²) in [7, 11) is -3.40. The van der Waals surface area contributed by atoms with Crippen molar-refractivity contribution in [1.82, 2.24) is 4.31 Å². The summed E-state index contributed by atoms with van der Waals surface area (Å²) in [6, 6.07) is 3.42. The van der Waals surface area contributed by atoms with Gasteiger partial charge in [0.1, 0.15) is 4.21 Å². The largest absolute Gasteiger partial charge is 0.396 e. The number of rotatable bonds is 4. The van der Waals surface area contributed by atoms with E-state index < -0.39 is 10.0 Å². The molecule has 1 aromatic rings. The van der Waals surface area contributed by atoms with Crippen LogP contribution in [-0.4, -0.2) is 49.7 Å². The van der Waals surface area contributed by atoms with E-state index in [0.29, 0.717) is 23.7 Å². The summed E-state index contributed by atoms with van der Waals surface area (Å²) in [5.74, 6) is 0. The molecule has 7 heteroatoms. The van der Waals surface area contributed by atoms with Crippen LogP contribution in [0.3, 0.4) is 0 Å². The number of aliphatic hydroxyl groups excluding tert-OH is 1. The molecule has 2 atom stereocenters. The van der Waals surface area contributed by atoms with E-state index in [2.05, 4.69) is 0 Å². The molecule has 3 heterocycles. The van der Waals surface area contributed by atoms with Crippen LogP contribution in [0.1, 0.15) is 17.7 Å². The predicted octanol–water partition coefficient (Wildman–Crippen LogP) is 0.835. The Morgan fingerprint density at radius 3 is 2.63 bits per heavy atom. The van der Waals surface area contributed by atoms with Crippen LogP contribution in [0, 0.1) is 0 Å². The van der Waals surface area contributed by atoms with Gasteiger partial charge in [-0.15, -0.1) is 11.3 Å². The Labute approximate surface area is 116 Å². The van der Waals surface area contributed by atoms with Crippen molar-refractivity contribution >= 4 is 21.4 Å². The minimum atomic E-state index is -3.40. The summed E-state index contributed by atoms with van der Waals surface area (Å²) >= 11 is 1.25. The van der Waals surface area contributed by atoms with Crippen LogP contribution in [0.4, 0.5) is 0 Å². The van der Waals surface area contributed by atoms with Gasteiger partial charge in [-0.05, 0) is 25.0 Å². The lowest BCUT2D eigenvalue weighted by Crippen LogP contribution is -2.45. The quantitative estimate of drug-likeness (QED) is 0.895. The molecular formula is C12H17NO4S2. The maximum atomic E-state index is 12.5. The summed E-state index contributed by atoms with van der Waals surface area (Å²) in [4.78, 5) is 0.900. The second kappa shape index (κ2) is 5.14. The Morgan fingerprint density at radius 2 is 2.00 bits per heavy atom. The highest BCUT2D eigenvalue weighted by atomic mass is 32.2. The lowest BCUT2D eigenvalue weighted by Gasteiger charge is -2.30. The average molecular weight is 303 g/mol. The SMILES string of the molecule is O=S(=O)(c1ccc(CCO)s1)N1CC2CCC(C1)O2. The van der Waals surface area contributed by atoms with E-state index in [0.717, 1.165) is 17.7 Å². The molecule has 3 rings (SSSR count). The monoisotopic (exact) mass is 303 g/mol. The zero-order chi connectivity index (χ0) is 13.5. The Morgan fingerprint density at radius 1 is 1.32 bits per heavy atom. The number of hydrogen-bond acceptors (Lipinski definition) is 5. The van der Waals surface area contributed by atoms with Gasteiger partial charge >= 0.3 is 0 Å². The summed E-state index contributed by atoms with van der Waals surface area (Å²) in [6.07, 6.45) is 2.54. The van der Waals surface area contributed by atoms with Crippen molar-refractivity contribution in [3.63, 3.8) is 0 Å². The van der Waals surface area contributed by atoms with Crippen LogP contribution in [0.5, 0.6) is 0 Å². The molecule has 0 spiro atoms. The Bertz CT molecular complexity index is 542. The fraction of sp³-hybridized carbons (Fsp3) is 0.667. The number of ether oxygens (including phenoxy) is 1. The summed E-state index contributed by atoms with van der Waals surface area (Å²) < 4.78 is 32.7. The number of hydrogen-bond donors (Lipinski definition) is 1. The first kappa shape index (κ1) is 13.5. The van der Waals surface area contributed by atoms with Gasteiger partial charge in [0.2, 0.25) is 0 Å². The first-order chi connectivity index (χ1) is 9.09. The van der Waals surface area contributed by atoms with Crippen molar-refractivity contribution in [1.29, 1.82) is 0 Å². The number of morpholine rings is 1. The van der Waals surface area contributed by atoms with Crippen LogP contribution in [0.2, 0.25) is 0 Å². The van der Waals surface area contributed by atoms with E-state index >= 15 is 0 Å². The van der Waals surface area contributed by atoms with Crippen molar-refractivity contribution in [2.45, 2.75) is 35.7 Å². The third kappa shape index (κ3) is 2.57. The van der Waals surface area contributed by atoms with Gasteiger partial charge in [-0.2, -0.15) is 4.31 Å². The maximum absolute atomic E-state index is 12.5. The minimum absolute atomic E-state index is 0.0434. The van der Waals surface area contributed by atoms with E-state index in [1.54, 1.807) is 16.4 Å². The second-order valence-electron chi connectivity index (χ2n) is 4.97. The van der Waals surface area contributed by atoms with Crippen molar-refractivity contribution in [3.8, 4) is 0 Å². The molecule has 2 aliphatic heterocycles. The van der Waals surface area contributed by atoms with Crippen molar-refractivity contribution in [2.24, 2.45) is 0 Å². The molecule has 19 heavy (non-hydrogen) atoms. The van der Waals surface area contributed by atoms with Gasteiger partial charge in [-0.25, -0.2) is 8.42 Å². The number of thiophene rings is 1. The standard InChI is InChI=1S/C12H17NO4S2/c14-6-5-11-3-4-12(18-11)19(15,16)13-7-9-1-2-10(8-13)17-9/h3-4,9-10,14H,1-2,5-8H2. The Kier molecular flexibility index (Phi) is 3.65. The molecule has 5 nitrogen and oxygen atoms in total. The molecule has 2 fully saturated rings. The first-order valence-electron chi connectivity index (χ1n) is 6.45. The molecular weight excluding hydrogens is 286 g/mol. The second-order valence-corrected chi connectivity index (χ2v) is 8.31. The van der Waals surface area contributed by atoms with Gasteiger partial charge in [-0.1, -0.05) is 0 Å². The number of aliphatic hydroxyl groups is 1. The molecule has 0 radical (unpaired) electrons. The molecule has 2 aliphatic rings. The first-order valence-corrected chi connectivity index (χ1v) is 8.70. The van der Waals surface area contributed by atoms with Crippen molar-refractivity contribution in [2.75, 3.05) is 19.7 Å². The molecule has 0 aliphatic carbocycles.